The van der Waals surface area contributed by atoms with Gasteiger partial charge in [0.2, 0.25) is 5.91 Å². The number of aromatic amines is 1. The zero-order valence-corrected chi connectivity index (χ0v) is 17.8. The zero-order chi connectivity index (χ0) is 22.5. The minimum atomic E-state index is -1.24. The van der Waals surface area contributed by atoms with E-state index in [4.69, 9.17) is 5.11 Å². The lowest BCUT2D eigenvalue weighted by Crippen LogP contribution is -2.52. The smallest absolute Gasteiger partial charge is 0.328 e. The number of amides is 4. The molecule has 3 heterocycles. The Morgan fingerprint density at radius 3 is 2.65 bits per heavy atom. The Morgan fingerprint density at radius 1 is 1.26 bits per heavy atom. The van der Waals surface area contributed by atoms with Crippen molar-refractivity contribution in [1.29, 1.82) is 0 Å². The molecule has 1 saturated heterocycles. The second-order valence-electron chi connectivity index (χ2n) is 8.71. The van der Waals surface area contributed by atoms with Gasteiger partial charge in [-0.2, -0.15) is 0 Å². The first-order valence-corrected chi connectivity index (χ1v) is 10.4. The van der Waals surface area contributed by atoms with E-state index in [1.807, 2.05) is 38.1 Å². The summed E-state index contributed by atoms with van der Waals surface area (Å²) in [6.45, 7) is 5.26. The summed E-state index contributed by atoms with van der Waals surface area (Å²) in [6.07, 6.45) is 0.842. The Hall–Kier alpha value is -3.36. The molecule has 3 N–H and O–H groups in total. The second kappa shape index (κ2) is 7.40. The summed E-state index contributed by atoms with van der Waals surface area (Å²) in [4.78, 5) is 56.7. The lowest BCUT2D eigenvalue weighted by molar-refractivity contribution is -0.141. The van der Waals surface area contributed by atoms with Gasteiger partial charge in [0.15, 0.2) is 5.54 Å². The van der Waals surface area contributed by atoms with Gasteiger partial charge in [0, 0.05) is 17.4 Å². The first-order valence-electron chi connectivity index (χ1n) is 10.4. The summed E-state index contributed by atoms with van der Waals surface area (Å²) in [6, 6.07) is 6.17. The Kier molecular flexibility index (Phi) is 4.99. The standard InChI is InChI=1S/C22H26N4O5/c1-12(2)10-16(19(29)23-11-17(27)28)26-20(30)22(3)18-14(8-9-25(22)21(26)31)13-6-4-5-7-15(13)24-18/h4-7,12,16,24H,8-11H2,1-3H3,(H,23,29)(H,27,28). The number of para-hydroxylation sites is 1. The number of imide groups is 1. The fourth-order valence-corrected chi connectivity index (χ4v) is 4.75. The maximum atomic E-state index is 13.7. The van der Waals surface area contributed by atoms with Gasteiger partial charge in [0.05, 0.1) is 5.69 Å². The summed E-state index contributed by atoms with van der Waals surface area (Å²) < 4.78 is 0. The van der Waals surface area contributed by atoms with E-state index >= 15 is 0 Å². The monoisotopic (exact) mass is 426 g/mol. The molecule has 9 heteroatoms. The van der Waals surface area contributed by atoms with Crippen LogP contribution in [0.3, 0.4) is 0 Å². The predicted molar refractivity (Wildman–Crippen MR) is 112 cm³/mol. The molecule has 0 saturated carbocycles. The van der Waals surface area contributed by atoms with Crippen molar-refractivity contribution >= 4 is 34.7 Å². The van der Waals surface area contributed by atoms with Crippen molar-refractivity contribution in [3.63, 3.8) is 0 Å². The van der Waals surface area contributed by atoms with Crippen molar-refractivity contribution in [2.75, 3.05) is 13.1 Å². The molecule has 4 amide bonds. The average Bonchev–Trinajstić information content (AvgIpc) is 3.19. The summed E-state index contributed by atoms with van der Waals surface area (Å²) in [5, 5.41) is 12.3. The molecule has 2 unspecified atom stereocenters. The van der Waals surface area contributed by atoms with E-state index in [1.165, 1.54) is 4.90 Å². The van der Waals surface area contributed by atoms with Crippen LogP contribution in [0, 0.1) is 5.92 Å². The molecule has 1 fully saturated rings. The maximum absolute atomic E-state index is 13.7. The van der Waals surface area contributed by atoms with Crippen LogP contribution in [0.15, 0.2) is 24.3 Å². The molecule has 2 atom stereocenters. The number of hydrogen-bond acceptors (Lipinski definition) is 4. The molecule has 0 bridgehead atoms. The molecule has 4 rings (SSSR count). The Morgan fingerprint density at radius 2 is 1.97 bits per heavy atom. The molecule has 31 heavy (non-hydrogen) atoms. The molecular formula is C22H26N4O5. The van der Waals surface area contributed by atoms with Gasteiger partial charge < -0.3 is 20.3 Å². The number of urea groups is 1. The van der Waals surface area contributed by atoms with Crippen molar-refractivity contribution in [1.82, 2.24) is 20.1 Å². The van der Waals surface area contributed by atoms with Gasteiger partial charge in [-0.25, -0.2) is 9.69 Å². The van der Waals surface area contributed by atoms with Crippen molar-refractivity contribution in [2.24, 2.45) is 5.92 Å². The number of carbonyl (C=O) groups excluding carboxylic acids is 3. The number of carboxylic acids is 1. The van der Waals surface area contributed by atoms with Crippen LogP contribution in [0.1, 0.15) is 38.4 Å². The number of rotatable bonds is 6. The van der Waals surface area contributed by atoms with E-state index in [9.17, 15) is 19.2 Å². The SMILES string of the molecule is CC(C)CC(C(=O)NCC(=O)O)N1C(=O)N2CCc3c([nH]c4ccccc34)C2(C)C1=O. The summed E-state index contributed by atoms with van der Waals surface area (Å²) in [5.74, 6) is -2.29. The lowest BCUT2D eigenvalue weighted by Gasteiger charge is -2.36. The number of fused-ring (bicyclic) bond motifs is 5. The first kappa shape index (κ1) is 20.9. The highest BCUT2D eigenvalue weighted by molar-refractivity contribution is 6.11. The van der Waals surface area contributed by atoms with Crippen LogP contribution < -0.4 is 5.32 Å². The number of H-pyrrole nitrogens is 1. The molecule has 0 radical (unpaired) electrons. The van der Waals surface area contributed by atoms with Gasteiger partial charge in [-0.3, -0.25) is 14.4 Å². The third-order valence-electron chi connectivity index (χ3n) is 6.22. The predicted octanol–water partition coefficient (Wildman–Crippen LogP) is 1.82. The topological polar surface area (TPSA) is 123 Å². The Bertz CT molecular complexity index is 1090. The lowest BCUT2D eigenvalue weighted by atomic mass is 9.87. The average molecular weight is 426 g/mol. The quantitative estimate of drug-likeness (QED) is 0.608. The number of carboxylic acid groups (broad SMARTS) is 1. The molecule has 1 aromatic heterocycles. The highest BCUT2D eigenvalue weighted by Gasteiger charge is 2.60. The van der Waals surface area contributed by atoms with Crippen molar-refractivity contribution in [3.8, 4) is 0 Å². The van der Waals surface area contributed by atoms with Crippen molar-refractivity contribution < 1.29 is 24.3 Å². The zero-order valence-electron chi connectivity index (χ0n) is 17.8. The Labute approximate surface area is 179 Å². The third kappa shape index (κ3) is 3.15. The van der Waals surface area contributed by atoms with Crippen LogP contribution in [0.4, 0.5) is 4.79 Å². The van der Waals surface area contributed by atoms with E-state index in [0.717, 1.165) is 21.4 Å². The van der Waals surface area contributed by atoms with Gasteiger partial charge >= 0.3 is 12.0 Å². The number of aromatic nitrogens is 1. The van der Waals surface area contributed by atoms with Gasteiger partial charge in [0.1, 0.15) is 12.6 Å². The number of nitrogens with zero attached hydrogens (tertiary/aromatic N) is 2. The Balaban J connectivity index is 1.76. The normalized spacial score (nSPS) is 21.4. The van der Waals surface area contributed by atoms with Gasteiger partial charge in [-0.15, -0.1) is 0 Å². The van der Waals surface area contributed by atoms with Gasteiger partial charge in [-0.1, -0.05) is 32.0 Å². The third-order valence-corrected chi connectivity index (χ3v) is 6.22. The van der Waals surface area contributed by atoms with Crippen LogP contribution in [0.5, 0.6) is 0 Å². The first-order chi connectivity index (χ1) is 14.7. The summed E-state index contributed by atoms with van der Waals surface area (Å²) >= 11 is 0. The minimum absolute atomic E-state index is 0.00949. The maximum Gasteiger partial charge on any atom is 0.328 e. The molecule has 164 valence electrons. The molecule has 0 aliphatic carbocycles. The van der Waals surface area contributed by atoms with Gasteiger partial charge in [-0.05, 0) is 37.3 Å². The molecule has 9 nitrogen and oxygen atoms in total. The summed E-state index contributed by atoms with van der Waals surface area (Å²) in [7, 11) is 0. The molecular weight excluding hydrogens is 400 g/mol. The molecule has 0 spiro atoms. The van der Waals surface area contributed by atoms with Crippen LogP contribution in [-0.4, -0.2) is 62.8 Å². The van der Waals surface area contributed by atoms with Crippen molar-refractivity contribution in [2.45, 2.75) is 45.2 Å². The highest BCUT2D eigenvalue weighted by atomic mass is 16.4. The van der Waals surface area contributed by atoms with E-state index in [2.05, 4.69) is 10.3 Å². The number of nitrogens with one attached hydrogen (secondary N) is 2. The van der Waals surface area contributed by atoms with Crippen LogP contribution >= 0.6 is 0 Å². The fourth-order valence-electron chi connectivity index (χ4n) is 4.75. The van der Waals surface area contributed by atoms with Crippen LogP contribution in [0.2, 0.25) is 0 Å². The van der Waals surface area contributed by atoms with Crippen molar-refractivity contribution in [3.05, 3.63) is 35.5 Å². The number of benzene rings is 1. The molecule has 2 aromatic rings. The highest BCUT2D eigenvalue weighted by Crippen LogP contribution is 2.44. The number of aliphatic carboxylic acids is 1. The largest absolute Gasteiger partial charge is 0.480 e. The van der Waals surface area contributed by atoms with Crippen LogP contribution in [-0.2, 0) is 26.3 Å². The van der Waals surface area contributed by atoms with Crippen LogP contribution in [0.25, 0.3) is 10.9 Å². The minimum Gasteiger partial charge on any atom is -0.480 e. The summed E-state index contributed by atoms with van der Waals surface area (Å²) in [5.41, 5.74) is 1.33. The van der Waals surface area contributed by atoms with E-state index in [0.29, 0.717) is 18.7 Å². The fraction of sp³-hybridized carbons (Fsp3) is 0.455. The van der Waals surface area contributed by atoms with E-state index in [-0.39, 0.29) is 12.3 Å². The number of carbonyl (C=O) groups is 4. The van der Waals surface area contributed by atoms with Gasteiger partial charge in [0.25, 0.3) is 5.91 Å². The van der Waals surface area contributed by atoms with E-state index < -0.39 is 41.9 Å². The number of hydrogen-bond donors (Lipinski definition) is 3. The second-order valence-corrected chi connectivity index (χ2v) is 8.71. The molecule has 2 aliphatic rings. The molecule has 1 aromatic carbocycles. The molecule has 2 aliphatic heterocycles. The van der Waals surface area contributed by atoms with E-state index in [1.54, 1.807) is 6.92 Å².